The smallest absolute Gasteiger partial charge is 0.133 e. The predicted octanol–water partition coefficient (Wildman–Crippen LogP) is 4.15. The van der Waals surface area contributed by atoms with Gasteiger partial charge in [0, 0.05) is 0 Å². The molecule has 0 heterocycles. The molecule has 5 heteroatoms. The van der Waals surface area contributed by atoms with Gasteiger partial charge in [-0.15, -0.1) is 46.4 Å². The van der Waals surface area contributed by atoms with Gasteiger partial charge in [0.1, 0.15) is 9.67 Å². The fourth-order valence-electron chi connectivity index (χ4n) is 1.33. The molecule has 0 aromatic rings. The summed E-state index contributed by atoms with van der Waals surface area (Å²) in [6.07, 6.45) is 2.71. The van der Waals surface area contributed by atoms with Crippen molar-refractivity contribution in [3.63, 3.8) is 0 Å². The van der Waals surface area contributed by atoms with Crippen molar-refractivity contribution in [1.29, 1.82) is 0 Å². The van der Waals surface area contributed by atoms with E-state index in [9.17, 15) is 5.11 Å². The third-order valence-corrected chi connectivity index (χ3v) is 3.02. The van der Waals surface area contributed by atoms with E-state index in [2.05, 4.69) is 6.92 Å². The van der Waals surface area contributed by atoms with E-state index < -0.39 is 15.8 Å². The van der Waals surface area contributed by atoms with Crippen molar-refractivity contribution in [3.8, 4) is 0 Å². The lowest BCUT2D eigenvalue weighted by Gasteiger charge is -2.23. The van der Waals surface area contributed by atoms with Gasteiger partial charge in [-0.1, -0.05) is 19.8 Å². The molecule has 0 saturated heterocycles. The van der Waals surface area contributed by atoms with E-state index in [4.69, 9.17) is 46.4 Å². The van der Waals surface area contributed by atoms with Gasteiger partial charge < -0.3 is 5.11 Å². The molecule has 0 bridgehead atoms. The Hall–Kier alpha value is 1.12. The van der Waals surface area contributed by atoms with Crippen LogP contribution in [-0.2, 0) is 0 Å². The molecular weight excluding hydrogens is 266 g/mol. The summed E-state index contributed by atoms with van der Waals surface area (Å²) >= 11 is 22.6. The first kappa shape index (κ1) is 15.1. The Bertz CT molecular complexity index is 141. The van der Waals surface area contributed by atoms with Crippen molar-refractivity contribution in [1.82, 2.24) is 0 Å². The lowest BCUT2D eigenvalue weighted by atomic mass is 9.94. The van der Waals surface area contributed by atoms with Gasteiger partial charge in [0.2, 0.25) is 0 Å². The normalized spacial score (nSPS) is 16.3. The molecule has 14 heavy (non-hydrogen) atoms. The SMILES string of the molecule is CCCCC(CC(Cl)Cl)C(O)C(Cl)Cl. The largest absolute Gasteiger partial charge is 0.390 e. The van der Waals surface area contributed by atoms with Crippen LogP contribution in [0.25, 0.3) is 0 Å². The van der Waals surface area contributed by atoms with Gasteiger partial charge in [-0.2, -0.15) is 0 Å². The molecule has 0 spiro atoms. The fourth-order valence-corrected chi connectivity index (χ4v) is 2.20. The van der Waals surface area contributed by atoms with Crippen molar-refractivity contribution in [2.45, 2.75) is 48.4 Å². The van der Waals surface area contributed by atoms with Crippen LogP contribution >= 0.6 is 46.4 Å². The molecule has 0 aromatic heterocycles. The number of unbranched alkanes of at least 4 members (excludes halogenated alkanes) is 1. The third kappa shape index (κ3) is 6.58. The van der Waals surface area contributed by atoms with Gasteiger partial charge in [-0.05, 0) is 18.8 Å². The van der Waals surface area contributed by atoms with Gasteiger partial charge in [0.15, 0.2) is 0 Å². The predicted molar refractivity (Wildman–Crippen MR) is 64.6 cm³/mol. The zero-order valence-electron chi connectivity index (χ0n) is 8.10. The van der Waals surface area contributed by atoms with E-state index in [1.54, 1.807) is 0 Å². The van der Waals surface area contributed by atoms with E-state index in [1.165, 1.54) is 0 Å². The van der Waals surface area contributed by atoms with E-state index in [-0.39, 0.29) is 5.92 Å². The number of aliphatic hydroxyl groups is 1. The average molecular weight is 282 g/mol. The first-order chi connectivity index (χ1) is 6.49. The minimum Gasteiger partial charge on any atom is -0.390 e. The highest BCUT2D eigenvalue weighted by Crippen LogP contribution is 2.27. The Morgan fingerprint density at radius 3 is 2.07 bits per heavy atom. The first-order valence-electron chi connectivity index (χ1n) is 4.73. The van der Waals surface area contributed by atoms with Crippen molar-refractivity contribution in [2.75, 3.05) is 0 Å². The second-order valence-corrected chi connectivity index (χ2v) is 5.79. The number of aliphatic hydroxyl groups excluding tert-OH is 1. The van der Waals surface area contributed by atoms with Crippen LogP contribution in [0.4, 0.5) is 0 Å². The van der Waals surface area contributed by atoms with Crippen LogP contribution in [0.5, 0.6) is 0 Å². The average Bonchev–Trinajstić information content (AvgIpc) is 2.10. The number of alkyl halides is 4. The van der Waals surface area contributed by atoms with Crippen LogP contribution in [0.2, 0.25) is 0 Å². The number of hydrogen-bond acceptors (Lipinski definition) is 1. The molecule has 0 rings (SSSR count). The fraction of sp³-hybridized carbons (Fsp3) is 1.00. The molecule has 1 nitrogen and oxygen atoms in total. The van der Waals surface area contributed by atoms with E-state index >= 15 is 0 Å². The zero-order valence-corrected chi connectivity index (χ0v) is 11.1. The van der Waals surface area contributed by atoms with Gasteiger partial charge in [0.05, 0.1) is 6.10 Å². The highest BCUT2D eigenvalue weighted by molar-refractivity contribution is 6.45. The third-order valence-electron chi connectivity index (χ3n) is 2.15. The van der Waals surface area contributed by atoms with Gasteiger partial charge in [-0.25, -0.2) is 0 Å². The highest BCUT2D eigenvalue weighted by Gasteiger charge is 2.26. The number of hydrogen-bond donors (Lipinski definition) is 1. The summed E-state index contributed by atoms with van der Waals surface area (Å²) in [6.45, 7) is 2.08. The molecule has 2 atom stereocenters. The van der Waals surface area contributed by atoms with Crippen molar-refractivity contribution in [2.24, 2.45) is 5.92 Å². The maximum atomic E-state index is 9.68. The summed E-state index contributed by atoms with van der Waals surface area (Å²) in [5.74, 6) is -0.0186. The summed E-state index contributed by atoms with van der Waals surface area (Å²) in [7, 11) is 0. The minimum absolute atomic E-state index is 0.0186. The standard InChI is InChI=1S/C9H16Cl4O/c1-2-3-4-6(5-7(10)11)8(14)9(12)13/h6-9,14H,2-5H2,1H3. The van der Waals surface area contributed by atoms with Crippen molar-refractivity contribution in [3.05, 3.63) is 0 Å². The molecule has 0 aliphatic rings. The molecule has 0 aliphatic carbocycles. The molecule has 0 fully saturated rings. The monoisotopic (exact) mass is 280 g/mol. The van der Waals surface area contributed by atoms with Crippen LogP contribution in [0, 0.1) is 5.92 Å². The second-order valence-electron chi connectivity index (χ2n) is 3.35. The summed E-state index contributed by atoms with van der Waals surface area (Å²) in [6, 6.07) is 0. The maximum absolute atomic E-state index is 9.68. The topological polar surface area (TPSA) is 20.2 Å². The summed E-state index contributed by atoms with van der Waals surface area (Å²) < 4.78 is 0. The Labute approximate surface area is 106 Å². The molecule has 0 amide bonds. The van der Waals surface area contributed by atoms with Gasteiger partial charge in [0.25, 0.3) is 0 Å². The minimum atomic E-state index is -0.774. The van der Waals surface area contributed by atoms with Crippen molar-refractivity contribution < 1.29 is 5.11 Å². The molecular formula is C9H16Cl4O. The molecule has 0 saturated carbocycles. The van der Waals surface area contributed by atoms with Crippen molar-refractivity contribution >= 4 is 46.4 Å². The molecule has 0 radical (unpaired) electrons. The van der Waals surface area contributed by atoms with Crippen LogP contribution in [0.3, 0.4) is 0 Å². The number of rotatable bonds is 7. The van der Waals surface area contributed by atoms with E-state index in [0.717, 1.165) is 19.3 Å². The lowest BCUT2D eigenvalue weighted by molar-refractivity contribution is 0.110. The Kier molecular flexibility index (Phi) is 8.96. The molecule has 1 N–H and O–H groups in total. The maximum Gasteiger partial charge on any atom is 0.133 e. The molecule has 2 unspecified atom stereocenters. The first-order valence-corrected chi connectivity index (χ1v) is 6.48. The molecule has 0 aliphatic heterocycles. The molecule has 86 valence electrons. The van der Waals surface area contributed by atoms with Crippen LogP contribution in [0.1, 0.15) is 32.6 Å². The zero-order chi connectivity index (χ0) is 11.1. The molecule has 0 aromatic carbocycles. The second kappa shape index (κ2) is 8.29. The Balaban J connectivity index is 4.08. The summed E-state index contributed by atoms with van der Waals surface area (Å²) in [4.78, 5) is -1.25. The number of halogens is 4. The van der Waals surface area contributed by atoms with Gasteiger partial charge >= 0.3 is 0 Å². The van der Waals surface area contributed by atoms with Crippen LogP contribution in [0.15, 0.2) is 0 Å². The summed E-state index contributed by atoms with van der Waals surface area (Å²) in [5, 5.41) is 9.68. The quantitative estimate of drug-likeness (QED) is 0.695. The Morgan fingerprint density at radius 2 is 1.71 bits per heavy atom. The van der Waals surface area contributed by atoms with Crippen LogP contribution in [-0.4, -0.2) is 20.9 Å². The van der Waals surface area contributed by atoms with Gasteiger partial charge in [-0.3, -0.25) is 0 Å². The van der Waals surface area contributed by atoms with E-state index in [0.29, 0.717) is 6.42 Å². The Morgan fingerprint density at radius 1 is 1.14 bits per heavy atom. The highest BCUT2D eigenvalue weighted by atomic mass is 35.5. The lowest BCUT2D eigenvalue weighted by Crippen LogP contribution is -2.28. The van der Waals surface area contributed by atoms with E-state index in [1.807, 2.05) is 0 Å². The summed E-state index contributed by atoms with van der Waals surface area (Å²) in [5.41, 5.74) is 0. The van der Waals surface area contributed by atoms with Crippen LogP contribution < -0.4 is 0 Å².